The Hall–Kier alpha value is -2.17. The molecule has 15 heavy (non-hydrogen) atoms. The van der Waals surface area contributed by atoms with Crippen molar-refractivity contribution in [1.29, 1.82) is 0 Å². The molecule has 0 saturated carbocycles. The summed E-state index contributed by atoms with van der Waals surface area (Å²) in [7, 11) is 0. The second-order valence-corrected chi connectivity index (χ2v) is 2.94. The molecule has 4 nitrogen and oxygen atoms in total. The van der Waals surface area contributed by atoms with Crippen LogP contribution in [0.3, 0.4) is 0 Å². The Morgan fingerprint density at radius 3 is 2.73 bits per heavy atom. The summed E-state index contributed by atoms with van der Waals surface area (Å²) in [6.45, 7) is 0. The van der Waals surface area contributed by atoms with E-state index in [9.17, 15) is 9.18 Å². The molecule has 0 saturated heterocycles. The van der Waals surface area contributed by atoms with Crippen LogP contribution in [0.2, 0.25) is 0 Å². The minimum atomic E-state index is -0.643. The van der Waals surface area contributed by atoms with Gasteiger partial charge in [-0.15, -0.1) is 0 Å². The van der Waals surface area contributed by atoms with Gasteiger partial charge in [0.05, 0.1) is 6.20 Å². The number of benzene rings is 1. The van der Waals surface area contributed by atoms with Crippen LogP contribution in [-0.4, -0.2) is 15.7 Å². The molecule has 0 atom stereocenters. The van der Waals surface area contributed by atoms with Gasteiger partial charge in [-0.25, -0.2) is 9.07 Å². The number of aromatic nitrogens is 2. The summed E-state index contributed by atoms with van der Waals surface area (Å²) in [6, 6.07) is 7.47. The fourth-order valence-corrected chi connectivity index (χ4v) is 1.31. The lowest BCUT2D eigenvalue weighted by Gasteiger charge is -2.05. The fraction of sp³-hybridized carbons (Fsp3) is 0. The third-order valence-corrected chi connectivity index (χ3v) is 1.98. The van der Waals surface area contributed by atoms with E-state index in [0.717, 1.165) is 0 Å². The van der Waals surface area contributed by atoms with Crippen molar-refractivity contribution in [1.82, 2.24) is 9.78 Å². The Morgan fingerprint density at radius 1 is 1.33 bits per heavy atom. The SMILES string of the molecule is NC(=O)c1ccnn1-c1ccccc1F. The van der Waals surface area contributed by atoms with Crippen LogP contribution in [0.5, 0.6) is 0 Å². The Morgan fingerprint density at radius 2 is 2.07 bits per heavy atom. The summed E-state index contributed by atoms with van der Waals surface area (Å²) in [5.74, 6) is -1.10. The molecule has 0 spiro atoms. The highest BCUT2D eigenvalue weighted by molar-refractivity contribution is 5.91. The predicted molar refractivity (Wildman–Crippen MR) is 52.0 cm³/mol. The molecular formula is C10H8FN3O. The maximum atomic E-state index is 13.4. The molecule has 1 amide bonds. The molecule has 1 heterocycles. The zero-order valence-corrected chi connectivity index (χ0v) is 7.72. The van der Waals surface area contributed by atoms with Crippen LogP contribution < -0.4 is 5.73 Å². The molecule has 2 rings (SSSR count). The standard InChI is InChI=1S/C10H8FN3O/c11-7-3-1-2-4-8(7)14-9(10(12)15)5-6-13-14/h1-6H,(H2,12,15). The van der Waals surface area contributed by atoms with Crippen molar-refractivity contribution >= 4 is 5.91 Å². The molecule has 0 aliphatic heterocycles. The summed E-state index contributed by atoms with van der Waals surface area (Å²) >= 11 is 0. The van der Waals surface area contributed by atoms with Crippen LogP contribution in [0.15, 0.2) is 36.5 Å². The number of primary amides is 1. The van der Waals surface area contributed by atoms with Crippen molar-refractivity contribution in [3.63, 3.8) is 0 Å². The molecule has 0 unspecified atom stereocenters. The molecule has 1 aromatic carbocycles. The first-order valence-corrected chi connectivity index (χ1v) is 4.29. The normalized spacial score (nSPS) is 10.2. The minimum absolute atomic E-state index is 0.153. The summed E-state index contributed by atoms with van der Waals surface area (Å²) in [5.41, 5.74) is 5.48. The molecule has 2 N–H and O–H groups in total. The topological polar surface area (TPSA) is 60.9 Å². The summed E-state index contributed by atoms with van der Waals surface area (Å²) in [4.78, 5) is 11.0. The van der Waals surface area contributed by atoms with Crippen molar-refractivity contribution in [3.8, 4) is 5.69 Å². The number of carbonyl (C=O) groups excluding carboxylic acids is 1. The monoisotopic (exact) mass is 205 g/mol. The molecule has 0 bridgehead atoms. The molecule has 0 fully saturated rings. The lowest BCUT2D eigenvalue weighted by Crippen LogP contribution is -2.17. The molecule has 0 radical (unpaired) electrons. The van der Waals surface area contributed by atoms with Gasteiger partial charge >= 0.3 is 0 Å². The Bertz CT molecular complexity index is 507. The van der Waals surface area contributed by atoms with Gasteiger partial charge in [0.2, 0.25) is 0 Å². The van der Waals surface area contributed by atoms with E-state index in [2.05, 4.69) is 5.10 Å². The smallest absolute Gasteiger partial charge is 0.267 e. The second kappa shape index (κ2) is 3.53. The predicted octanol–water partition coefficient (Wildman–Crippen LogP) is 1.11. The summed E-state index contributed by atoms with van der Waals surface area (Å²) in [5, 5.41) is 3.84. The molecule has 1 aromatic heterocycles. The van der Waals surface area contributed by atoms with E-state index in [1.165, 1.54) is 29.1 Å². The van der Waals surface area contributed by atoms with Gasteiger partial charge in [-0.05, 0) is 18.2 Å². The number of hydrogen-bond acceptors (Lipinski definition) is 2. The molecule has 2 aromatic rings. The van der Waals surface area contributed by atoms with E-state index in [4.69, 9.17) is 5.73 Å². The first-order valence-electron chi connectivity index (χ1n) is 4.29. The highest BCUT2D eigenvalue weighted by atomic mass is 19.1. The molecule has 0 aliphatic carbocycles. The maximum absolute atomic E-state index is 13.4. The van der Waals surface area contributed by atoms with Gasteiger partial charge in [0.15, 0.2) is 0 Å². The summed E-state index contributed by atoms with van der Waals surface area (Å²) < 4.78 is 14.6. The minimum Gasteiger partial charge on any atom is -0.364 e. The van der Waals surface area contributed by atoms with E-state index in [1.54, 1.807) is 12.1 Å². The highest BCUT2D eigenvalue weighted by Gasteiger charge is 2.12. The van der Waals surface area contributed by atoms with Crippen molar-refractivity contribution in [2.75, 3.05) is 0 Å². The average molecular weight is 205 g/mol. The Labute approximate surface area is 85.1 Å². The van der Waals surface area contributed by atoms with Crippen LogP contribution in [0, 0.1) is 5.82 Å². The average Bonchev–Trinajstić information content (AvgIpc) is 2.67. The van der Waals surface area contributed by atoms with E-state index in [1.807, 2.05) is 0 Å². The Kier molecular flexibility index (Phi) is 2.21. The van der Waals surface area contributed by atoms with Crippen LogP contribution in [0.1, 0.15) is 10.5 Å². The van der Waals surface area contributed by atoms with Crippen molar-refractivity contribution in [2.24, 2.45) is 5.73 Å². The number of para-hydroxylation sites is 1. The van der Waals surface area contributed by atoms with Crippen molar-refractivity contribution < 1.29 is 9.18 Å². The summed E-state index contributed by atoms with van der Waals surface area (Å²) in [6.07, 6.45) is 1.40. The van der Waals surface area contributed by atoms with Crippen LogP contribution in [0.25, 0.3) is 5.69 Å². The number of halogens is 1. The molecule has 5 heteroatoms. The van der Waals surface area contributed by atoms with Crippen LogP contribution >= 0.6 is 0 Å². The van der Waals surface area contributed by atoms with Crippen molar-refractivity contribution in [2.45, 2.75) is 0 Å². The number of carbonyl (C=O) groups is 1. The van der Waals surface area contributed by atoms with Gasteiger partial charge in [-0.1, -0.05) is 12.1 Å². The van der Waals surface area contributed by atoms with E-state index in [-0.39, 0.29) is 11.4 Å². The zero-order chi connectivity index (χ0) is 10.8. The molecule has 0 aliphatic rings. The van der Waals surface area contributed by atoms with Gasteiger partial charge in [-0.3, -0.25) is 4.79 Å². The fourth-order valence-electron chi connectivity index (χ4n) is 1.31. The third kappa shape index (κ3) is 1.59. The first kappa shape index (κ1) is 9.39. The first-order chi connectivity index (χ1) is 7.20. The van der Waals surface area contributed by atoms with E-state index in [0.29, 0.717) is 0 Å². The van der Waals surface area contributed by atoms with Crippen LogP contribution in [-0.2, 0) is 0 Å². The van der Waals surface area contributed by atoms with Gasteiger partial charge in [0.1, 0.15) is 17.2 Å². The maximum Gasteiger partial charge on any atom is 0.267 e. The number of nitrogens with two attached hydrogens (primary N) is 1. The lowest BCUT2D eigenvalue weighted by atomic mass is 10.3. The molecular weight excluding hydrogens is 197 g/mol. The van der Waals surface area contributed by atoms with Crippen LogP contribution in [0.4, 0.5) is 4.39 Å². The number of rotatable bonds is 2. The van der Waals surface area contributed by atoms with Gasteiger partial charge in [0, 0.05) is 0 Å². The Balaban J connectivity index is 2.59. The van der Waals surface area contributed by atoms with Gasteiger partial charge in [0.25, 0.3) is 5.91 Å². The number of nitrogens with zero attached hydrogens (tertiary/aromatic N) is 2. The molecule has 76 valence electrons. The zero-order valence-electron chi connectivity index (χ0n) is 7.72. The third-order valence-electron chi connectivity index (χ3n) is 1.98. The van der Waals surface area contributed by atoms with Crippen molar-refractivity contribution in [3.05, 3.63) is 48.0 Å². The largest absolute Gasteiger partial charge is 0.364 e. The highest BCUT2D eigenvalue weighted by Crippen LogP contribution is 2.13. The number of amides is 1. The van der Waals surface area contributed by atoms with E-state index >= 15 is 0 Å². The van der Waals surface area contributed by atoms with Gasteiger partial charge in [-0.2, -0.15) is 5.10 Å². The number of hydrogen-bond donors (Lipinski definition) is 1. The quantitative estimate of drug-likeness (QED) is 0.798. The second-order valence-electron chi connectivity index (χ2n) is 2.94. The lowest BCUT2D eigenvalue weighted by molar-refractivity contribution is 0.0993. The van der Waals surface area contributed by atoms with E-state index < -0.39 is 11.7 Å². The van der Waals surface area contributed by atoms with Gasteiger partial charge < -0.3 is 5.73 Å².